The van der Waals surface area contributed by atoms with E-state index < -0.39 is 0 Å². The topological polar surface area (TPSA) is 74.8 Å². The van der Waals surface area contributed by atoms with Crippen molar-refractivity contribution in [2.75, 3.05) is 9.80 Å². The van der Waals surface area contributed by atoms with E-state index in [1.165, 1.54) is 31.7 Å². The van der Waals surface area contributed by atoms with Crippen LogP contribution in [0.3, 0.4) is 0 Å². The summed E-state index contributed by atoms with van der Waals surface area (Å²) in [5.74, 6) is -0.814. The van der Waals surface area contributed by atoms with E-state index in [4.69, 9.17) is 0 Å². The van der Waals surface area contributed by atoms with E-state index in [9.17, 15) is 0 Å². The van der Waals surface area contributed by atoms with Crippen LogP contribution in [0.5, 0.6) is 0 Å². The van der Waals surface area contributed by atoms with Crippen molar-refractivity contribution in [1.82, 2.24) is 0 Å². The minimum absolute atomic E-state index is 0.0679. The van der Waals surface area contributed by atoms with E-state index >= 15 is 19.2 Å². The molecule has 19 rings (SSSR count). The predicted molar refractivity (Wildman–Crippen MR) is 430 cm³/mol. The highest BCUT2D eigenvalue weighted by Crippen LogP contribution is 2.56. The van der Waals surface area contributed by atoms with Crippen LogP contribution >= 0.6 is 0 Å². The molecule has 6 nitrogen and oxygen atoms in total. The molecule has 0 saturated heterocycles. The molecule has 0 aromatic heterocycles. The van der Waals surface area contributed by atoms with Crippen molar-refractivity contribution >= 4 is 164 Å². The third-order valence-electron chi connectivity index (χ3n) is 23.6. The molecule has 2 heterocycles. The minimum atomic E-state index is -0.289. The number of fused-ring (bicyclic) bond motifs is 8. The van der Waals surface area contributed by atoms with E-state index in [2.05, 4.69) is 255 Å². The molecule has 17 aromatic carbocycles. The quantitative estimate of drug-likeness (QED) is 0.0863. The molecule has 0 unspecified atom stereocenters. The number of para-hydroxylation sites is 2. The van der Waals surface area contributed by atoms with Crippen LogP contribution in [0.4, 0.5) is 11.4 Å². The number of amides is 4. The van der Waals surface area contributed by atoms with Crippen LogP contribution in [-0.2, 0) is 10.8 Å². The largest absolute Gasteiger partial charge is 0.268 e. The Kier molecular flexibility index (Phi) is 12.9. The van der Waals surface area contributed by atoms with Crippen LogP contribution in [0.1, 0.15) is 195 Å². The van der Waals surface area contributed by atoms with Gasteiger partial charge in [-0.25, -0.2) is 9.80 Å². The van der Waals surface area contributed by atoms with Gasteiger partial charge in [0.05, 0.1) is 11.4 Å². The van der Waals surface area contributed by atoms with Gasteiger partial charge in [-0.05, 0) is 245 Å². The van der Waals surface area contributed by atoms with E-state index in [0.717, 1.165) is 163 Å². The van der Waals surface area contributed by atoms with E-state index in [1.807, 2.05) is 36.4 Å². The van der Waals surface area contributed by atoms with Crippen LogP contribution in [0, 0.1) is 0 Å². The monoisotopic (exact) mass is 1320 g/mol. The molecule has 6 heteroatoms. The zero-order valence-electron chi connectivity index (χ0n) is 60.3. The molecular weight excluding hydrogens is 1250 g/mol. The number of nitrogens with zero attached hydrogens (tertiary/aromatic N) is 2. The lowest BCUT2D eigenvalue weighted by Gasteiger charge is -2.33. The van der Waals surface area contributed by atoms with Gasteiger partial charge in [0, 0.05) is 33.0 Å². The maximum Gasteiger partial charge on any atom is 0.266 e. The summed E-state index contributed by atoms with van der Waals surface area (Å²) >= 11 is 0. The normalized spacial score (nSPS) is 14.2. The summed E-state index contributed by atoms with van der Waals surface area (Å²) in [6.07, 6.45) is 0. The second-order valence-corrected chi connectivity index (χ2v) is 32.7. The molecule has 0 aliphatic carbocycles. The molecule has 102 heavy (non-hydrogen) atoms. The number of hydrogen-bond acceptors (Lipinski definition) is 4. The van der Waals surface area contributed by atoms with Crippen molar-refractivity contribution in [1.29, 1.82) is 0 Å². The molecule has 0 saturated carbocycles. The molecule has 0 fully saturated rings. The summed E-state index contributed by atoms with van der Waals surface area (Å²) in [6, 6.07) is 70.9. The zero-order chi connectivity index (χ0) is 70.5. The summed E-state index contributed by atoms with van der Waals surface area (Å²) in [5.41, 5.74) is 14.5. The van der Waals surface area contributed by atoms with E-state index in [0.29, 0.717) is 33.6 Å². The molecule has 4 amide bonds. The Morgan fingerprint density at radius 1 is 0.245 bits per heavy atom. The van der Waals surface area contributed by atoms with E-state index in [1.54, 1.807) is 0 Å². The second kappa shape index (κ2) is 21.2. The predicted octanol–water partition coefficient (Wildman–Crippen LogP) is 25.9. The highest BCUT2D eigenvalue weighted by atomic mass is 16.2. The Morgan fingerprint density at radius 3 is 0.725 bits per heavy atom. The number of anilines is 2. The summed E-state index contributed by atoms with van der Waals surface area (Å²) in [7, 11) is 0. The number of imide groups is 2. The highest BCUT2D eigenvalue weighted by Gasteiger charge is 2.41. The number of rotatable bonds is 8. The van der Waals surface area contributed by atoms with Crippen LogP contribution < -0.4 is 9.80 Å². The molecule has 0 N–H and O–H groups in total. The van der Waals surface area contributed by atoms with Gasteiger partial charge >= 0.3 is 0 Å². The first-order valence-corrected chi connectivity index (χ1v) is 36.5. The Balaban J connectivity index is 0.889. The molecule has 496 valence electrons. The number of carbonyl (C=O) groups is 4. The molecule has 0 atom stereocenters. The van der Waals surface area contributed by atoms with Gasteiger partial charge in [-0.2, -0.15) is 0 Å². The van der Waals surface area contributed by atoms with Crippen molar-refractivity contribution in [3.8, 4) is 22.3 Å². The Bertz CT molecular complexity index is 6050. The lowest BCUT2D eigenvalue weighted by atomic mass is 9.78. The van der Waals surface area contributed by atoms with Crippen LogP contribution in [-0.4, -0.2) is 23.6 Å². The highest BCUT2D eigenvalue weighted by molar-refractivity contribution is 6.48. The standard InChI is InChI=1S/C96H78N2O4/c1-47(2)55-17-15-18-56(48(3)4)89(55)97-91(99)71-41-35-63-59-29-31-67-75-45-78-76(46-77(75)79(51-21-25-53(26-22-51)95(9,10)11)69-39-33-61(81(59)85(67)69)65-37-43-73(93(97)101)87(71)83(63)65)68-32-30-60-64-36-42-72-88-74(94(102)98(92(72)100)90-57(49(5)6)19-16-20-58(90)50(7)8)44-38-66(84(64)88)62-34-40-70(86(68)82(60)62)80(78)52-23-27-54(28-24-52)96(12,13)14/h15-50H,1-14H3. The fourth-order valence-electron chi connectivity index (χ4n) is 18.6. The molecule has 0 spiro atoms. The summed E-state index contributed by atoms with van der Waals surface area (Å²) < 4.78 is 0. The molecule has 0 bridgehead atoms. The first-order valence-electron chi connectivity index (χ1n) is 36.5. The second-order valence-electron chi connectivity index (χ2n) is 32.7. The van der Waals surface area contributed by atoms with Crippen LogP contribution in [0.15, 0.2) is 194 Å². The maximum atomic E-state index is 15.4. The number of carbonyl (C=O) groups excluding carboxylic acids is 4. The summed E-state index contributed by atoms with van der Waals surface area (Å²) in [5, 5.41) is 25.6. The van der Waals surface area contributed by atoms with Gasteiger partial charge in [-0.1, -0.05) is 255 Å². The van der Waals surface area contributed by atoms with Crippen molar-refractivity contribution in [3.05, 3.63) is 250 Å². The summed E-state index contributed by atoms with van der Waals surface area (Å²) in [4.78, 5) is 64.4. The van der Waals surface area contributed by atoms with Crippen molar-refractivity contribution in [3.63, 3.8) is 0 Å². The third kappa shape index (κ3) is 8.23. The Labute approximate surface area is 593 Å². The van der Waals surface area contributed by atoms with Crippen molar-refractivity contribution in [2.45, 2.75) is 131 Å². The number of benzene rings is 17. The fraction of sp³-hybridized carbons (Fsp3) is 0.208. The lowest BCUT2D eigenvalue weighted by Crippen LogP contribution is -2.41. The zero-order valence-corrected chi connectivity index (χ0v) is 60.3. The Hall–Kier alpha value is -11.1. The van der Waals surface area contributed by atoms with E-state index in [-0.39, 0.29) is 58.1 Å². The molecule has 0 radical (unpaired) electrons. The van der Waals surface area contributed by atoms with Gasteiger partial charge in [0.25, 0.3) is 23.6 Å². The molecular formula is C96H78N2O4. The molecule has 17 aromatic rings. The van der Waals surface area contributed by atoms with Gasteiger partial charge < -0.3 is 0 Å². The van der Waals surface area contributed by atoms with Crippen molar-refractivity contribution < 1.29 is 19.2 Å². The van der Waals surface area contributed by atoms with Crippen LogP contribution in [0.25, 0.3) is 152 Å². The number of hydrogen-bond donors (Lipinski definition) is 0. The fourth-order valence-corrected chi connectivity index (χ4v) is 18.6. The van der Waals surface area contributed by atoms with Gasteiger partial charge in [0.15, 0.2) is 0 Å². The molecule has 2 aliphatic rings. The molecule has 2 aliphatic heterocycles. The van der Waals surface area contributed by atoms with Crippen LogP contribution in [0.2, 0.25) is 0 Å². The average Bonchev–Trinajstić information content (AvgIpc) is 0.687. The minimum Gasteiger partial charge on any atom is -0.268 e. The Morgan fingerprint density at radius 2 is 0.471 bits per heavy atom. The third-order valence-corrected chi connectivity index (χ3v) is 23.6. The van der Waals surface area contributed by atoms with Gasteiger partial charge in [0.1, 0.15) is 0 Å². The van der Waals surface area contributed by atoms with Gasteiger partial charge in [-0.3, -0.25) is 19.2 Å². The first-order chi connectivity index (χ1) is 48.9. The first kappa shape index (κ1) is 62.0. The maximum absolute atomic E-state index is 15.4. The lowest BCUT2D eigenvalue weighted by molar-refractivity contribution is 0.0877. The average molecular weight is 1320 g/mol. The SMILES string of the molecule is CC(C)c1cccc(C(C)C)c1N1C(=O)c2ccc3c4ccc5c(-c6ccc(C(C)(C)C)cc6)c6cc7c(cc6c6ccc(c8ccc(c2c38)C1=O)c4c56)c(-c1ccc(C(C)(C)C)cc1)c1ccc2c3ccc4c5c(ccc(c6ccc7c1c26)c53)C(=O)N(c1c(C(C)C)cccc1C(C)C)C4=O. The summed E-state index contributed by atoms with van der Waals surface area (Å²) in [6.45, 7) is 30.7. The van der Waals surface area contributed by atoms with Gasteiger partial charge in [-0.15, -0.1) is 0 Å². The smallest absolute Gasteiger partial charge is 0.266 e. The van der Waals surface area contributed by atoms with Gasteiger partial charge in [0.2, 0.25) is 0 Å². The van der Waals surface area contributed by atoms with Crippen molar-refractivity contribution in [2.24, 2.45) is 0 Å².